The van der Waals surface area contributed by atoms with Crippen LogP contribution in [-0.2, 0) is 9.53 Å². The average molecular weight is 658 g/mol. The maximum absolute atomic E-state index is 13.9. The number of aryl methyl sites for hydroxylation is 1. The number of carbonyl (C=O) groups excluding carboxylic acids is 1. The third-order valence-electron chi connectivity index (χ3n) is 6.56. The Morgan fingerprint density at radius 1 is 1.16 bits per heavy atom. The molecule has 38 heavy (non-hydrogen) atoms. The molecule has 0 saturated carbocycles. The van der Waals surface area contributed by atoms with E-state index in [1.165, 1.54) is 14.9 Å². The van der Waals surface area contributed by atoms with Gasteiger partial charge in [-0.15, -0.1) is 0 Å². The monoisotopic (exact) mass is 657 g/mol. The molecule has 4 aromatic rings. The summed E-state index contributed by atoms with van der Waals surface area (Å²) in [6, 6.07) is 16.9. The first-order valence-electron chi connectivity index (χ1n) is 12.1. The van der Waals surface area contributed by atoms with Crippen LogP contribution in [0, 0.1) is 17.4 Å². The topological polar surface area (TPSA) is 65.6 Å². The summed E-state index contributed by atoms with van der Waals surface area (Å²) in [5.41, 5.74) is 5.35. The number of benzene rings is 2. The molecule has 0 radical (unpaired) electrons. The average Bonchev–Trinajstić information content (AvgIpc) is 3.33. The predicted octanol–water partition coefficient (Wildman–Crippen LogP) is 5.46. The highest BCUT2D eigenvalue weighted by molar-refractivity contribution is 14.1. The number of ether oxygens (including phenoxy) is 1. The van der Waals surface area contributed by atoms with E-state index in [4.69, 9.17) is 16.3 Å². The number of halogens is 2. The third kappa shape index (κ3) is 4.69. The highest BCUT2D eigenvalue weighted by Gasteiger charge is 2.34. The van der Waals surface area contributed by atoms with E-state index in [1.54, 1.807) is 24.5 Å². The molecule has 0 unspecified atom stereocenters. The SMILES string of the molecule is CCOC(=O)C1=C(C)N=c2s/c(=C\c3cc(C)n(-c4ccc(I)cc4)c3C)c(=O)n2[C@@H]1c1ccccc1Cl. The van der Waals surface area contributed by atoms with Crippen LogP contribution in [0.2, 0.25) is 5.02 Å². The standard InChI is InChI=1S/C29H25ClIN3O3S/c1-5-37-28(36)25-17(3)32-29-34(26(25)22-8-6-7-9-23(22)30)27(35)24(38-29)15-19-14-16(2)33(18(19)4)21-12-10-20(31)11-13-21/h6-15,26H,5H2,1-4H3/b24-15-/t26-/m1/s1. The normalized spacial score (nSPS) is 15.4. The molecule has 0 N–H and O–H groups in total. The Kier molecular flexibility index (Phi) is 7.48. The summed E-state index contributed by atoms with van der Waals surface area (Å²) in [7, 11) is 0. The second-order valence-electron chi connectivity index (χ2n) is 8.96. The molecule has 1 aliphatic rings. The van der Waals surface area contributed by atoms with E-state index in [-0.39, 0.29) is 12.2 Å². The largest absolute Gasteiger partial charge is 0.463 e. The number of esters is 1. The molecule has 3 heterocycles. The van der Waals surface area contributed by atoms with Gasteiger partial charge in [-0.1, -0.05) is 41.1 Å². The quantitative estimate of drug-likeness (QED) is 0.212. The molecule has 6 nitrogen and oxygen atoms in total. The molecule has 0 saturated heterocycles. The summed E-state index contributed by atoms with van der Waals surface area (Å²) in [5.74, 6) is -0.506. The maximum Gasteiger partial charge on any atom is 0.338 e. The Morgan fingerprint density at radius 2 is 1.87 bits per heavy atom. The highest BCUT2D eigenvalue weighted by atomic mass is 127. The second-order valence-corrected chi connectivity index (χ2v) is 11.6. The molecule has 1 aliphatic heterocycles. The number of thiazole rings is 1. The Hall–Kier alpha value is -2.95. The van der Waals surface area contributed by atoms with E-state index in [9.17, 15) is 9.59 Å². The fourth-order valence-electron chi connectivity index (χ4n) is 4.85. The molecule has 0 amide bonds. The van der Waals surface area contributed by atoms with Crippen LogP contribution in [0.1, 0.15) is 42.4 Å². The van der Waals surface area contributed by atoms with Crippen molar-refractivity contribution in [1.29, 1.82) is 0 Å². The second kappa shape index (κ2) is 10.7. The maximum atomic E-state index is 13.9. The fraction of sp³-hybridized carbons (Fsp3) is 0.207. The molecule has 2 aromatic carbocycles. The van der Waals surface area contributed by atoms with Gasteiger partial charge in [-0.05, 0) is 104 Å². The summed E-state index contributed by atoms with van der Waals surface area (Å²) in [6.07, 6.45) is 1.91. The Morgan fingerprint density at radius 3 is 2.55 bits per heavy atom. The van der Waals surface area contributed by atoms with Crippen molar-refractivity contribution >= 4 is 57.6 Å². The van der Waals surface area contributed by atoms with Gasteiger partial charge >= 0.3 is 5.97 Å². The van der Waals surface area contributed by atoms with Crippen molar-refractivity contribution in [1.82, 2.24) is 9.13 Å². The fourth-order valence-corrected chi connectivity index (χ4v) is 6.48. The minimum absolute atomic E-state index is 0.214. The minimum Gasteiger partial charge on any atom is -0.463 e. The van der Waals surface area contributed by atoms with Crippen LogP contribution in [0.3, 0.4) is 0 Å². The molecule has 1 atom stereocenters. The molecule has 0 bridgehead atoms. The van der Waals surface area contributed by atoms with Crippen LogP contribution in [0.4, 0.5) is 0 Å². The molecule has 0 fully saturated rings. The smallest absolute Gasteiger partial charge is 0.338 e. The summed E-state index contributed by atoms with van der Waals surface area (Å²) >= 11 is 10.2. The van der Waals surface area contributed by atoms with Gasteiger partial charge in [-0.25, -0.2) is 9.79 Å². The van der Waals surface area contributed by atoms with E-state index >= 15 is 0 Å². The van der Waals surface area contributed by atoms with Gasteiger partial charge in [0, 0.05) is 25.7 Å². The summed E-state index contributed by atoms with van der Waals surface area (Å²) in [6.45, 7) is 7.83. The third-order valence-corrected chi connectivity index (χ3v) is 8.60. The van der Waals surface area contributed by atoms with Crippen molar-refractivity contribution in [2.45, 2.75) is 33.7 Å². The van der Waals surface area contributed by atoms with Gasteiger partial charge in [-0.3, -0.25) is 9.36 Å². The molecule has 0 spiro atoms. The van der Waals surface area contributed by atoms with Gasteiger partial charge < -0.3 is 9.30 Å². The van der Waals surface area contributed by atoms with E-state index in [0.29, 0.717) is 31.2 Å². The Labute approximate surface area is 242 Å². The Balaban J connectivity index is 1.70. The van der Waals surface area contributed by atoms with Crippen LogP contribution in [0.25, 0.3) is 11.8 Å². The summed E-state index contributed by atoms with van der Waals surface area (Å²) in [5, 5.41) is 0.463. The van der Waals surface area contributed by atoms with Crippen LogP contribution in [0.15, 0.2) is 75.7 Å². The number of carbonyl (C=O) groups is 1. The van der Waals surface area contributed by atoms with Crippen LogP contribution >= 0.6 is 45.5 Å². The molecule has 2 aromatic heterocycles. The van der Waals surface area contributed by atoms with Crippen molar-refractivity contribution < 1.29 is 9.53 Å². The van der Waals surface area contributed by atoms with Gasteiger partial charge in [0.1, 0.15) is 6.04 Å². The van der Waals surface area contributed by atoms with Gasteiger partial charge in [0.25, 0.3) is 5.56 Å². The number of fused-ring (bicyclic) bond motifs is 1. The van der Waals surface area contributed by atoms with Crippen LogP contribution in [-0.4, -0.2) is 21.7 Å². The van der Waals surface area contributed by atoms with E-state index in [2.05, 4.69) is 69.4 Å². The first-order valence-corrected chi connectivity index (χ1v) is 14.4. The first-order chi connectivity index (χ1) is 18.2. The van der Waals surface area contributed by atoms with E-state index < -0.39 is 12.0 Å². The Bertz CT molecular complexity index is 1780. The molecule has 0 aliphatic carbocycles. The molecule has 5 rings (SSSR count). The number of rotatable bonds is 5. The highest BCUT2D eigenvalue weighted by Crippen LogP contribution is 2.34. The number of aromatic nitrogens is 2. The summed E-state index contributed by atoms with van der Waals surface area (Å²) in [4.78, 5) is 32.1. The van der Waals surface area contributed by atoms with Gasteiger partial charge in [-0.2, -0.15) is 0 Å². The lowest BCUT2D eigenvalue weighted by molar-refractivity contribution is -0.139. The number of hydrogen-bond acceptors (Lipinski definition) is 5. The molecule has 9 heteroatoms. The number of allylic oxidation sites excluding steroid dienone is 1. The van der Waals surface area contributed by atoms with Crippen LogP contribution in [0.5, 0.6) is 0 Å². The van der Waals surface area contributed by atoms with Gasteiger partial charge in [0.15, 0.2) is 4.80 Å². The lowest BCUT2D eigenvalue weighted by Gasteiger charge is -2.25. The molecular weight excluding hydrogens is 633 g/mol. The lowest BCUT2D eigenvalue weighted by Crippen LogP contribution is -2.40. The van der Waals surface area contributed by atoms with E-state index in [0.717, 1.165) is 22.6 Å². The molecular formula is C29H25ClIN3O3S. The van der Waals surface area contributed by atoms with Crippen molar-refractivity contribution in [3.8, 4) is 5.69 Å². The van der Waals surface area contributed by atoms with Crippen molar-refractivity contribution in [3.05, 3.63) is 117 Å². The van der Waals surface area contributed by atoms with Crippen molar-refractivity contribution in [2.75, 3.05) is 6.61 Å². The zero-order valence-electron chi connectivity index (χ0n) is 21.3. The predicted molar refractivity (Wildman–Crippen MR) is 160 cm³/mol. The van der Waals surface area contributed by atoms with Crippen molar-refractivity contribution in [2.24, 2.45) is 4.99 Å². The zero-order chi connectivity index (χ0) is 27.1. The first kappa shape index (κ1) is 26.6. The lowest BCUT2D eigenvalue weighted by atomic mass is 9.96. The van der Waals surface area contributed by atoms with Gasteiger partial charge in [0.05, 0.1) is 22.4 Å². The summed E-state index contributed by atoms with van der Waals surface area (Å²) < 4.78 is 10.8. The van der Waals surface area contributed by atoms with E-state index in [1.807, 2.05) is 31.2 Å². The van der Waals surface area contributed by atoms with Gasteiger partial charge in [0.2, 0.25) is 0 Å². The van der Waals surface area contributed by atoms with Crippen molar-refractivity contribution in [3.63, 3.8) is 0 Å². The zero-order valence-corrected chi connectivity index (χ0v) is 25.0. The van der Waals surface area contributed by atoms with Crippen LogP contribution < -0.4 is 14.9 Å². The minimum atomic E-state index is -0.736. The number of nitrogens with zero attached hydrogens (tertiary/aromatic N) is 3. The number of hydrogen-bond donors (Lipinski definition) is 0. The molecule has 194 valence electrons.